The zero-order valence-corrected chi connectivity index (χ0v) is 11.6. The molecule has 2 saturated carbocycles. The van der Waals surface area contributed by atoms with Crippen molar-refractivity contribution in [3.05, 3.63) is 35.4 Å². The Morgan fingerprint density at radius 3 is 2.26 bits per heavy atom. The first-order chi connectivity index (χ1) is 9.36. The van der Waals surface area contributed by atoms with Gasteiger partial charge in [-0.05, 0) is 42.7 Å². The topological polar surface area (TPSA) is 32.3 Å². The van der Waals surface area contributed by atoms with E-state index in [1.54, 1.807) is 0 Å². The van der Waals surface area contributed by atoms with E-state index in [-0.39, 0.29) is 12.6 Å². The van der Waals surface area contributed by atoms with E-state index in [1.165, 1.54) is 56.1 Å². The van der Waals surface area contributed by atoms with E-state index in [9.17, 15) is 5.11 Å². The summed E-state index contributed by atoms with van der Waals surface area (Å²) >= 11 is 0. The van der Waals surface area contributed by atoms with Gasteiger partial charge in [0.1, 0.15) is 0 Å². The van der Waals surface area contributed by atoms with Gasteiger partial charge in [0.25, 0.3) is 0 Å². The Labute approximate surface area is 116 Å². The van der Waals surface area contributed by atoms with Crippen molar-refractivity contribution in [2.45, 2.75) is 62.9 Å². The molecule has 2 aliphatic rings. The minimum Gasteiger partial charge on any atom is -0.394 e. The van der Waals surface area contributed by atoms with E-state index in [1.807, 2.05) is 0 Å². The summed E-state index contributed by atoms with van der Waals surface area (Å²) in [6, 6.07) is 9.59. The van der Waals surface area contributed by atoms with E-state index >= 15 is 0 Å². The van der Waals surface area contributed by atoms with E-state index in [0.717, 1.165) is 5.92 Å². The van der Waals surface area contributed by atoms with Crippen LogP contribution in [0.15, 0.2) is 24.3 Å². The molecule has 2 nitrogen and oxygen atoms in total. The van der Waals surface area contributed by atoms with Crippen LogP contribution in [-0.2, 0) is 0 Å². The summed E-state index contributed by atoms with van der Waals surface area (Å²) in [6.07, 6.45) is 9.25. The van der Waals surface area contributed by atoms with Gasteiger partial charge in [-0.25, -0.2) is 0 Å². The molecule has 0 heterocycles. The van der Waals surface area contributed by atoms with E-state index in [4.69, 9.17) is 0 Å². The number of nitrogens with one attached hydrogen (secondary N) is 1. The number of rotatable bonds is 5. The van der Waals surface area contributed by atoms with Gasteiger partial charge in [-0.15, -0.1) is 0 Å². The Kier molecular flexibility index (Phi) is 4.19. The molecule has 0 aromatic heterocycles. The number of aliphatic hydroxyl groups excluding tert-OH is 1. The summed E-state index contributed by atoms with van der Waals surface area (Å²) in [7, 11) is 0. The first-order valence-electron chi connectivity index (χ1n) is 7.83. The molecule has 0 spiro atoms. The molecule has 19 heavy (non-hydrogen) atoms. The molecular formula is C17H25NO. The molecule has 1 aromatic carbocycles. The largest absolute Gasteiger partial charge is 0.394 e. The van der Waals surface area contributed by atoms with Crippen molar-refractivity contribution in [2.24, 2.45) is 0 Å². The van der Waals surface area contributed by atoms with Gasteiger partial charge in [0.2, 0.25) is 0 Å². The van der Waals surface area contributed by atoms with E-state index < -0.39 is 0 Å². The second-order valence-electron chi connectivity index (χ2n) is 6.18. The summed E-state index contributed by atoms with van der Waals surface area (Å²) in [5.41, 5.74) is 2.70. The molecule has 0 radical (unpaired) electrons. The van der Waals surface area contributed by atoms with Gasteiger partial charge < -0.3 is 10.4 Å². The van der Waals surface area contributed by atoms with Crippen molar-refractivity contribution >= 4 is 0 Å². The second kappa shape index (κ2) is 6.06. The smallest absolute Gasteiger partial charge is 0.0626 e. The van der Waals surface area contributed by atoms with Gasteiger partial charge in [-0.3, -0.25) is 0 Å². The Morgan fingerprint density at radius 1 is 1.00 bits per heavy atom. The van der Waals surface area contributed by atoms with Crippen LogP contribution in [0.1, 0.15) is 68.0 Å². The molecule has 2 N–H and O–H groups in total. The fourth-order valence-corrected chi connectivity index (χ4v) is 3.23. The van der Waals surface area contributed by atoms with Crippen molar-refractivity contribution in [2.75, 3.05) is 6.61 Å². The van der Waals surface area contributed by atoms with Crippen molar-refractivity contribution < 1.29 is 5.11 Å². The van der Waals surface area contributed by atoms with Crippen LogP contribution in [0, 0.1) is 0 Å². The number of hydrogen-bond acceptors (Lipinski definition) is 2. The molecule has 104 valence electrons. The van der Waals surface area contributed by atoms with Crippen LogP contribution in [0.4, 0.5) is 0 Å². The van der Waals surface area contributed by atoms with E-state index in [2.05, 4.69) is 29.6 Å². The lowest BCUT2D eigenvalue weighted by Crippen LogP contribution is -2.36. The average Bonchev–Trinajstić information content (AvgIpc) is 3.31. The van der Waals surface area contributed by atoms with Crippen LogP contribution in [0.3, 0.4) is 0 Å². The highest BCUT2D eigenvalue weighted by molar-refractivity contribution is 5.29. The summed E-state index contributed by atoms with van der Waals surface area (Å²) in [4.78, 5) is 0. The van der Waals surface area contributed by atoms with Gasteiger partial charge in [0, 0.05) is 6.04 Å². The number of hydrogen-bond donors (Lipinski definition) is 2. The van der Waals surface area contributed by atoms with Crippen LogP contribution in [-0.4, -0.2) is 17.8 Å². The first kappa shape index (κ1) is 13.1. The molecular weight excluding hydrogens is 234 g/mol. The minimum atomic E-state index is 0.108. The SMILES string of the molecule is OCC(NC1CCCCC1)c1ccc(C2CC2)cc1. The normalized spacial score (nSPS) is 22.4. The van der Waals surface area contributed by atoms with Crippen molar-refractivity contribution in [1.29, 1.82) is 0 Å². The lowest BCUT2D eigenvalue weighted by molar-refractivity contribution is 0.220. The molecule has 2 aliphatic carbocycles. The van der Waals surface area contributed by atoms with Crippen molar-refractivity contribution in [3.8, 4) is 0 Å². The number of benzene rings is 1. The molecule has 1 aromatic rings. The predicted molar refractivity (Wildman–Crippen MR) is 78.3 cm³/mol. The summed E-state index contributed by atoms with van der Waals surface area (Å²) in [6.45, 7) is 0.194. The van der Waals surface area contributed by atoms with Crippen LogP contribution >= 0.6 is 0 Å². The molecule has 3 rings (SSSR count). The summed E-state index contributed by atoms with van der Waals surface area (Å²) in [5.74, 6) is 0.813. The van der Waals surface area contributed by atoms with Crippen LogP contribution < -0.4 is 5.32 Å². The zero-order valence-electron chi connectivity index (χ0n) is 11.6. The fraction of sp³-hybridized carbons (Fsp3) is 0.647. The highest BCUT2D eigenvalue weighted by Gasteiger charge is 2.24. The Morgan fingerprint density at radius 2 is 1.68 bits per heavy atom. The molecule has 2 fully saturated rings. The van der Waals surface area contributed by atoms with Gasteiger partial charge in [0.15, 0.2) is 0 Å². The summed E-state index contributed by atoms with van der Waals surface area (Å²) in [5, 5.41) is 13.3. The maximum Gasteiger partial charge on any atom is 0.0626 e. The lowest BCUT2D eigenvalue weighted by atomic mass is 9.94. The molecule has 1 unspecified atom stereocenters. The highest BCUT2D eigenvalue weighted by Crippen LogP contribution is 2.40. The predicted octanol–water partition coefficient (Wildman–Crippen LogP) is 3.52. The molecule has 1 atom stereocenters. The maximum absolute atomic E-state index is 9.64. The molecule has 0 saturated heterocycles. The molecule has 2 heteroatoms. The van der Waals surface area contributed by atoms with Crippen LogP contribution in [0.25, 0.3) is 0 Å². The minimum absolute atomic E-state index is 0.108. The van der Waals surface area contributed by atoms with Crippen LogP contribution in [0.5, 0.6) is 0 Å². The summed E-state index contributed by atoms with van der Waals surface area (Å²) < 4.78 is 0. The zero-order chi connectivity index (χ0) is 13.1. The maximum atomic E-state index is 9.64. The highest BCUT2D eigenvalue weighted by atomic mass is 16.3. The third-order valence-corrected chi connectivity index (χ3v) is 4.61. The second-order valence-corrected chi connectivity index (χ2v) is 6.18. The Hall–Kier alpha value is -0.860. The average molecular weight is 259 g/mol. The Balaban J connectivity index is 1.63. The van der Waals surface area contributed by atoms with E-state index in [0.29, 0.717) is 6.04 Å². The molecule has 0 aliphatic heterocycles. The molecule has 0 bridgehead atoms. The third kappa shape index (κ3) is 3.37. The fourth-order valence-electron chi connectivity index (χ4n) is 3.23. The Bertz CT molecular complexity index is 390. The van der Waals surface area contributed by atoms with Gasteiger partial charge >= 0.3 is 0 Å². The quantitative estimate of drug-likeness (QED) is 0.848. The standard InChI is InChI=1S/C17H25NO/c19-12-17(18-16-4-2-1-3-5-16)15-10-8-14(9-11-15)13-6-7-13/h8-11,13,16-19H,1-7,12H2. The first-order valence-corrected chi connectivity index (χ1v) is 7.83. The van der Waals surface area contributed by atoms with Gasteiger partial charge in [-0.1, -0.05) is 43.5 Å². The number of aliphatic hydroxyl groups is 1. The third-order valence-electron chi connectivity index (χ3n) is 4.61. The van der Waals surface area contributed by atoms with Crippen molar-refractivity contribution in [3.63, 3.8) is 0 Å². The molecule has 0 amide bonds. The lowest BCUT2D eigenvalue weighted by Gasteiger charge is -2.28. The van der Waals surface area contributed by atoms with Gasteiger partial charge in [-0.2, -0.15) is 0 Å². The van der Waals surface area contributed by atoms with Gasteiger partial charge in [0.05, 0.1) is 12.6 Å². The monoisotopic (exact) mass is 259 g/mol. The van der Waals surface area contributed by atoms with Crippen molar-refractivity contribution in [1.82, 2.24) is 5.32 Å². The van der Waals surface area contributed by atoms with Crippen LogP contribution in [0.2, 0.25) is 0 Å².